The van der Waals surface area contributed by atoms with Crippen LogP contribution in [0.25, 0.3) is 0 Å². The highest BCUT2D eigenvalue weighted by molar-refractivity contribution is 6.36. The van der Waals surface area contributed by atoms with Crippen LogP contribution < -0.4 is 5.84 Å². The molecule has 1 rings (SSSR count). The molecule has 0 bridgehead atoms. The second kappa shape index (κ2) is 7.56. The van der Waals surface area contributed by atoms with Crippen molar-refractivity contribution in [2.45, 2.75) is 25.4 Å². The van der Waals surface area contributed by atoms with E-state index in [2.05, 4.69) is 5.10 Å². The number of hydrogen-bond donors (Lipinski definition) is 1. The summed E-state index contributed by atoms with van der Waals surface area (Å²) in [5, 5.41) is 12.1. The third-order valence-electron chi connectivity index (χ3n) is 2.74. The molecule has 1 unspecified atom stereocenters. The van der Waals surface area contributed by atoms with Crippen molar-refractivity contribution in [1.29, 1.82) is 5.26 Å². The van der Waals surface area contributed by atoms with Gasteiger partial charge >= 0.3 is 6.18 Å². The number of halogens is 5. The maximum absolute atomic E-state index is 12.7. The summed E-state index contributed by atoms with van der Waals surface area (Å²) < 4.78 is 43.2. The number of hydrogen-bond acceptors (Lipinski definition) is 4. The fraction of sp³-hybridized carbons (Fsp3) is 0.385. The highest BCUT2D eigenvalue weighted by atomic mass is 35.5. The van der Waals surface area contributed by atoms with E-state index < -0.39 is 17.7 Å². The van der Waals surface area contributed by atoms with Gasteiger partial charge < -0.3 is 10.6 Å². The van der Waals surface area contributed by atoms with Crippen LogP contribution in [-0.4, -0.2) is 12.5 Å². The van der Waals surface area contributed by atoms with Gasteiger partial charge in [-0.1, -0.05) is 23.2 Å². The summed E-state index contributed by atoms with van der Waals surface area (Å²) in [5.74, 6) is 4.29. The van der Waals surface area contributed by atoms with Crippen molar-refractivity contribution in [2.75, 3.05) is 6.61 Å². The summed E-state index contributed by atoms with van der Waals surface area (Å²) in [5.41, 5.74) is -0.903. The van der Waals surface area contributed by atoms with Crippen LogP contribution in [0.1, 0.15) is 30.4 Å². The maximum Gasteiger partial charge on any atom is 0.416 e. The van der Waals surface area contributed by atoms with Gasteiger partial charge in [-0.3, -0.25) is 0 Å². The Morgan fingerprint density at radius 2 is 1.95 bits per heavy atom. The van der Waals surface area contributed by atoms with Crippen LogP contribution in [0.2, 0.25) is 10.0 Å². The van der Waals surface area contributed by atoms with Gasteiger partial charge in [-0.2, -0.15) is 18.4 Å². The molecule has 0 aliphatic heterocycles. The third-order valence-corrected chi connectivity index (χ3v) is 3.37. The van der Waals surface area contributed by atoms with E-state index in [1.54, 1.807) is 6.92 Å². The van der Waals surface area contributed by atoms with Gasteiger partial charge in [0.1, 0.15) is 0 Å². The van der Waals surface area contributed by atoms with E-state index in [0.717, 1.165) is 12.1 Å². The Hall–Kier alpha value is -1.65. The first-order valence-electron chi connectivity index (χ1n) is 6.09. The molecule has 0 fully saturated rings. The van der Waals surface area contributed by atoms with Crippen LogP contribution in [0.15, 0.2) is 17.2 Å². The molecule has 1 aromatic carbocycles. The summed E-state index contributed by atoms with van der Waals surface area (Å²) in [6.45, 7) is 1.98. The van der Waals surface area contributed by atoms with Crippen LogP contribution in [0.5, 0.6) is 0 Å². The van der Waals surface area contributed by atoms with E-state index >= 15 is 0 Å². The Labute approximate surface area is 135 Å². The molecule has 9 heteroatoms. The summed E-state index contributed by atoms with van der Waals surface area (Å²) >= 11 is 11.7. The summed E-state index contributed by atoms with van der Waals surface area (Å²) in [4.78, 5) is 0. The maximum atomic E-state index is 12.7. The zero-order valence-corrected chi connectivity index (χ0v) is 12.9. The van der Waals surface area contributed by atoms with Gasteiger partial charge in [-0.25, -0.2) is 0 Å². The van der Waals surface area contributed by atoms with Gasteiger partial charge in [0.05, 0.1) is 24.2 Å². The topological polar surface area (TPSA) is 71.4 Å². The minimum Gasteiger partial charge on any atom is -0.480 e. The molecule has 120 valence electrons. The largest absolute Gasteiger partial charge is 0.480 e. The van der Waals surface area contributed by atoms with Crippen LogP contribution in [-0.2, 0) is 10.9 Å². The van der Waals surface area contributed by atoms with Gasteiger partial charge in [0.2, 0.25) is 5.90 Å². The summed E-state index contributed by atoms with van der Waals surface area (Å²) in [7, 11) is 0. The highest BCUT2D eigenvalue weighted by Gasteiger charge is 2.33. The van der Waals surface area contributed by atoms with Crippen molar-refractivity contribution in [3.05, 3.63) is 33.3 Å². The van der Waals surface area contributed by atoms with Crippen molar-refractivity contribution < 1.29 is 17.9 Å². The van der Waals surface area contributed by atoms with E-state index in [-0.39, 0.29) is 34.5 Å². The smallest absolute Gasteiger partial charge is 0.416 e. The van der Waals surface area contributed by atoms with E-state index in [4.69, 9.17) is 33.8 Å². The van der Waals surface area contributed by atoms with Crippen LogP contribution >= 0.6 is 23.2 Å². The second-order valence-corrected chi connectivity index (χ2v) is 5.01. The molecule has 0 radical (unpaired) electrons. The first-order valence-corrected chi connectivity index (χ1v) is 6.85. The molecule has 0 aromatic heterocycles. The lowest BCUT2D eigenvalue weighted by atomic mass is 9.95. The molecule has 2 N–H and O–H groups in total. The Morgan fingerprint density at radius 3 is 2.32 bits per heavy atom. The molecular weight excluding hydrogens is 342 g/mol. The SMILES string of the molecule is CCO/C(CC(C#N)c1c(Cl)cc(C(F)(F)F)cc1Cl)=N/N. The predicted octanol–water partition coefficient (Wildman–Crippen LogP) is 4.32. The summed E-state index contributed by atoms with van der Waals surface area (Å²) in [6.07, 6.45) is -4.63. The summed E-state index contributed by atoms with van der Waals surface area (Å²) in [6, 6.07) is 3.37. The van der Waals surface area contributed by atoms with E-state index in [1.165, 1.54) is 0 Å². The molecule has 0 amide bonds. The standard InChI is InChI=1S/C13H12Cl2F3N3O/c1-2-22-11(21-20)3-7(6-19)12-9(14)4-8(5-10(12)15)13(16,17)18/h4-5,7H,2-3,20H2,1H3/b21-11+. The monoisotopic (exact) mass is 353 g/mol. The number of nitriles is 1. The first kappa shape index (κ1) is 18.4. The Kier molecular flexibility index (Phi) is 6.33. The Balaban J connectivity index is 3.22. The molecule has 0 aliphatic carbocycles. The third kappa shape index (κ3) is 4.42. The van der Waals surface area contributed by atoms with Crippen molar-refractivity contribution in [3.8, 4) is 6.07 Å². The number of alkyl halides is 3. The van der Waals surface area contributed by atoms with E-state index in [0.29, 0.717) is 0 Å². The highest BCUT2D eigenvalue weighted by Crippen LogP contribution is 2.39. The molecule has 22 heavy (non-hydrogen) atoms. The molecule has 0 spiro atoms. The molecular formula is C13H12Cl2F3N3O. The number of benzene rings is 1. The molecule has 0 saturated heterocycles. The van der Waals surface area contributed by atoms with Gasteiger partial charge in [0, 0.05) is 22.0 Å². The van der Waals surface area contributed by atoms with Crippen molar-refractivity contribution in [1.82, 2.24) is 0 Å². The zero-order chi connectivity index (χ0) is 16.9. The van der Waals surface area contributed by atoms with E-state index in [9.17, 15) is 18.4 Å². The molecule has 0 heterocycles. The average molecular weight is 354 g/mol. The number of ether oxygens (including phenoxy) is 1. The van der Waals surface area contributed by atoms with Crippen LogP contribution in [0.4, 0.5) is 13.2 Å². The number of nitrogens with two attached hydrogens (primary N) is 1. The van der Waals surface area contributed by atoms with Crippen LogP contribution in [0, 0.1) is 11.3 Å². The molecule has 0 aliphatic rings. The van der Waals surface area contributed by atoms with Gasteiger partial charge in [0.15, 0.2) is 0 Å². The Morgan fingerprint density at radius 1 is 1.41 bits per heavy atom. The van der Waals surface area contributed by atoms with Crippen molar-refractivity contribution in [2.24, 2.45) is 10.9 Å². The first-order chi connectivity index (χ1) is 10.2. The molecule has 1 aromatic rings. The number of rotatable bonds is 4. The number of nitrogens with zero attached hydrogens (tertiary/aromatic N) is 2. The lowest BCUT2D eigenvalue weighted by Gasteiger charge is -2.16. The van der Waals surface area contributed by atoms with Crippen LogP contribution in [0.3, 0.4) is 0 Å². The van der Waals surface area contributed by atoms with Crippen molar-refractivity contribution >= 4 is 29.1 Å². The lowest BCUT2D eigenvalue weighted by Crippen LogP contribution is -2.13. The van der Waals surface area contributed by atoms with Gasteiger partial charge in [-0.05, 0) is 19.1 Å². The van der Waals surface area contributed by atoms with E-state index in [1.807, 2.05) is 6.07 Å². The minimum absolute atomic E-state index is 0.0500. The number of hydrazone groups is 1. The fourth-order valence-electron chi connectivity index (χ4n) is 1.78. The zero-order valence-electron chi connectivity index (χ0n) is 11.4. The predicted molar refractivity (Wildman–Crippen MR) is 77.7 cm³/mol. The van der Waals surface area contributed by atoms with Crippen molar-refractivity contribution in [3.63, 3.8) is 0 Å². The second-order valence-electron chi connectivity index (χ2n) is 4.19. The van der Waals surface area contributed by atoms with Gasteiger partial charge in [-0.15, -0.1) is 5.10 Å². The normalized spacial score (nSPS) is 13.6. The molecule has 4 nitrogen and oxygen atoms in total. The fourth-order valence-corrected chi connectivity index (χ4v) is 2.53. The molecule has 1 atom stereocenters. The minimum atomic E-state index is -4.58. The Bertz CT molecular complexity index is 589. The van der Waals surface area contributed by atoms with Gasteiger partial charge in [0.25, 0.3) is 0 Å². The quantitative estimate of drug-likeness (QED) is 0.379. The molecule has 0 saturated carbocycles. The lowest BCUT2D eigenvalue weighted by molar-refractivity contribution is -0.137. The average Bonchev–Trinajstić information content (AvgIpc) is 2.43.